The third-order valence-electron chi connectivity index (χ3n) is 3.10. The van der Waals surface area contributed by atoms with E-state index in [0.717, 1.165) is 19.6 Å². The standard InChI is InChI=1S/C13H21N3/c1-11-10-16(9-8-14-11)13-6-4-12(5-7-13)15(2)3/h4-7,11,14H,8-10H2,1-3H3. The zero-order valence-electron chi connectivity index (χ0n) is 10.4. The number of benzene rings is 1. The number of hydrogen-bond donors (Lipinski definition) is 1. The van der Waals surface area contributed by atoms with Crippen LogP contribution in [-0.4, -0.2) is 39.8 Å². The number of rotatable bonds is 2. The minimum absolute atomic E-state index is 0.585. The molecule has 0 aromatic heterocycles. The van der Waals surface area contributed by atoms with Crippen molar-refractivity contribution < 1.29 is 0 Å². The first kappa shape index (κ1) is 11.3. The van der Waals surface area contributed by atoms with Crippen LogP contribution in [0.2, 0.25) is 0 Å². The summed E-state index contributed by atoms with van der Waals surface area (Å²) in [5.74, 6) is 0. The first-order chi connectivity index (χ1) is 7.66. The van der Waals surface area contributed by atoms with Crippen molar-refractivity contribution in [1.82, 2.24) is 5.32 Å². The van der Waals surface area contributed by atoms with Gasteiger partial charge < -0.3 is 15.1 Å². The van der Waals surface area contributed by atoms with Crippen molar-refractivity contribution in [3.63, 3.8) is 0 Å². The van der Waals surface area contributed by atoms with E-state index in [1.165, 1.54) is 11.4 Å². The summed E-state index contributed by atoms with van der Waals surface area (Å²) in [4.78, 5) is 4.57. The highest BCUT2D eigenvalue weighted by Crippen LogP contribution is 2.20. The van der Waals surface area contributed by atoms with E-state index in [1.54, 1.807) is 0 Å². The minimum atomic E-state index is 0.585. The first-order valence-corrected chi connectivity index (χ1v) is 5.92. The predicted molar refractivity (Wildman–Crippen MR) is 70.4 cm³/mol. The van der Waals surface area contributed by atoms with E-state index in [9.17, 15) is 0 Å². The second kappa shape index (κ2) is 4.74. The summed E-state index contributed by atoms with van der Waals surface area (Å²) < 4.78 is 0. The Hall–Kier alpha value is -1.22. The Morgan fingerprint density at radius 1 is 1.25 bits per heavy atom. The Labute approximate surface area is 98.0 Å². The molecule has 1 aromatic rings. The molecule has 16 heavy (non-hydrogen) atoms. The topological polar surface area (TPSA) is 18.5 Å². The highest BCUT2D eigenvalue weighted by molar-refractivity contribution is 5.56. The second-order valence-corrected chi connectivity index (χ2v) is 4.71. The lowest BCUT2D eigenvalue weighted by Crippen LogP contribution is -2.49. The van der Waals surface area contributed by atoms with Crippen LogP contribution in [0.4, 0.5) is 11.4 Å². The smallest absolute Gasteiger partial charge is 0.0368 e. The Bertz CT molecular complexity index is 332. The molecule has 1 unspecified atom stereocenters. The van der Waals surface area contributed by atoms with Crippen LogP contribution in [0.1, 0.15) is 6.92 Å². The van der Waals surface area contributed by atoms with Crippen molar-refractivity contribution >= 4 is 11.4 Å². The Morgan fingerprint density at radius 2 is 1.94 bits per heavy atom. The molecular weight excluding hydrogens is 198 g/mol. The van der Waals surface area contributed by atoms with Gasteiger partial charge >= 0.3 is 0 Å². The molecule has 0 bridgehead atoms. The quantitative estimate of drug-likeness (QED) is 0.814. The third-order valence-corrected chi connectivity index (χ3v) is 3.10. The van der Waals surface area contributed by atoms with Gasteiger partial charge in [-0.05, 0) is 31.2 Å². The van der Waals surface area contributed by atoms with Crippen LogP contribution in [0.25, 0.3) is 0 Å². The van der Waals surface area contributed by atoms with Crippen molar-refractivity contribution in [2.24, 2.45) is 0 Å². The Kier molecular flexibility index (Phi) is 3.34. The fourth-order valence-electron chi connectivity index (χ4n) is 2.13. The molecular formula is C13H21N3. The lowest BCUT2D eigenvalue weighted by atomic mass is 10.2. The maximum atomic E-state index is 3.46. The molecule has 1 aromatic carbocycles. The summed E-state index contributed by atoms with van der Waals surface area (Å²) in [6, 6.07) is 9.38. The van der Waals surface area contributed by atoms with Crippen LogP contribution in [0.15, 0.2) is 24.3 Å². The number of hydrogen-bond acceptors (Lipinski definition) is 3. The van der Waals surface area contributed by atoms with Crippen LogP contribution >= 0.6 is 0 Å². The molecule has 0 radical (unpaired) electrons. The summed E-state index contributed by atoms with van der Waals surface area (Å²) in [5, 5.41) is 3.46. The van der Waals surface area contributed by atoms with E-state index in [0.29, 0.717) is 6.04 Å². The van der Waals surface area contributed by atoms with Gasteiger partial charge in [-0.3, -0.25) is 0 Å². The van der Waals surface area contributed by atoms with Gasteiger partial charge in [-0.25, -0.2) is 0 Å². The van der Waals surface area contributed by atoms with E-state index in [4.69, 9.17) is 0 Å². The van der Waals surface area contributed by atoms with Crippen molar-refractivity contribution in [1.29, 1.82) is 0 Å². The maximum Gasteiger partial charge on any atom is 0.0368 e. The average molecular weight is 219 g/mol. The normalized spacial score (nSPS) is 20.9. The molecule has 1 fully saturated rings. The molecule has 1 aliphatic heterocycles. The van der Waals surface area contributed by atoms with Crippen LogP contribution in [0, 0.1) is 0 Å². The lowest BCUT2D eigenvalue weighted by Gasteiger charge is -2.33. The van der Waals surface area contributed by atoms with Gasteiger partial charge in [0.2, 0.25) is 0 Å². The molecule has 2 rings (SSSR count). The fourth-order valence-corrected chi connectivity index (χ4v) is 2.13. The summed E-state index contributed by atoms with van der Waals surface area (Å²) in [6.45, 7) is 5.52. The number of nitrogens with zero attached hydrogens (tertiary/aromatic N) is 2. The van der Waals surface area contributed by atoms with Crippen LogP contribution in [0.3, 0.4) is 0 Å². The van der Waals surface area contributed by atoms with Crippen LogP contribution < -0.4 is 15.1 Å². The van der Waals surface area contributed by atoms with E-state index in [2.05, 4.69) is 60.4 Å². The third kappa shape index (κ3) is 2.47. The van der Waals surface area contributed by atoms with Crippen LogP contribution in [0.5, 0.6) is 0 Å². The van der Waals surface area contributed by atoms with E-state index in [1.807, 2.05) is 0 Å². The van der Waals surface area contributed by atoms with Crippen molar-refractivity contribution in [3.8, 4) is 0 Å². The lowest BCUT2D eigenvalue weighted by molar-refractivity contribution is 0.485. The average Bonchev–Trinajstić information content (AvgIpc) is 2.29. The largest absolute Gasteiger partial charge is 0.378 e. The summed E-state index contributed by atoms with van der Waals surface area (Å²) >= 11 is 0. The van der Waals surface area contributed by atoms with E-state index >= 15 is 0 Å². The molecule has 3 nitrogen and oxygen atoms in total. The van der Waals surface area contributed by atoms with Crippen molar-refractivity contribution in [2.45, 2.75) is 13.0 Å². The van der Waals surface area contributed by atoms with E-state index < -0.39 is 0 Å². The zero-order chi connectivity index (χ0) is 11.5. The Morgan fingerprint density at radius 3 is 2.50 bits per heavy atom. The molecule has 0 spiro atoms. The number of piperazine rings is 1. The van der Waals surface area contributed by atoms with Crippen molar-refractivity contribution in [2.75, 3.05) is 43.5 Å². The molecule has 1 atom stereocenters. The molecule has 0 saturated carbocycles. The summed E-state index contributed by atoms with van der Waals surface area (Å²) in [6.07, 6.45) is 0. The first-order valence-electron chi connectivity index (χ1n) is 5.92. The van der Waals surface area contributed by atoms with Crippen molar-refractivity contribution in [3.05, 3.63) is 24.3 Å². The van der Waals surface area contributed by atoms with Gasteiger partial charge in [0.05, 0.1) is 0 Å². The fraction of sp³-hybridized carbons (Fsp3) is 0.538. The molecule has 1 N–H and O–H groups in total. The maximum absolute atomic E-state index is 3.46. The van der Waals surface area contributed by atoms with Gasteiger partial charge in [0.1, 0.15) is 0 Å². The highest BCUT2D eigenvalue weighted by Gasteiger charge is 2.15. The molecule has 88 valence electrons. The molecule has 1 aliphatic rings. The predicted octanol–water partition coefficient (Wildman–Crippen LogP) is 1.55. The zero-order valence-corrected chi connectivity index (χ0v) is 10.4. The summed E-state index contributed by atoms with van der Waals surface area (Å²) in [7, 11) is 4.14. The summed E-state index contributed by atoms with van der Waals surface area (Å²) in [5.41, 5.74) is 2.59. The Balaban J connectivity index is 2.09. The SMILES string of the molecule is CC1CN(c2ccc(N(C)C)cc2)CCN1. The number of nitrogens with one attached hydrogen (secondary N) is 1. The van der Waals surface area contributed by atoms with Gasteiger partial charge in [-0.1, -0.05) is 0 Å². The minimum Gasteiger partial charge on any atom is -0.378 e. The second-order valence-electron chi connectivity index (χ2n) is 4.71. The number of anilines is 2. The van der Waals surface area contributed by atoms with Gasteiger partial charge in [-0.15, -0.1) is 0 Å². The molecule has 0 amide bonds. The monoisotopic (exact) mass is 219 g/mol. The molecule has 1 heterocycles. The molecule has 0 aliphatic carbocycles. The van der Waals surface area contributed by atoms with Crippen LogP contribution in [-0.2, 0) is 0 Å². The van der Waals surface area contributed by atoms with Gasteiger partial charge in [0.25, 0.3) is 0 Å². The molecule has 1 saturated heterocycles. The molecule has 3 heteroatoms. The van der Waals surface area contributed by atoms with E-state index in [-0.39, 0.29) is 0 Å². The van der Waals surface area contributed by atoms with Gasteiger partial charge in [0.15, 0.2) is 0 Å². The highest BCUT2D eigenvalue weighted by atomic mass is 15.2. The van der Waals surface area contributed by atoms with Gasteiger partial charge in [0, 0.05) is 51.1 Å². The van der Waals surface area contributed by atoms with Gasteiger partial charge in [-0.2, -0.15) is 0 Å².